The van der Waals surface area contributed by atoms with Crippen molar-refractivity contribution in [3.63, 3.8) is 0 Å². The third-order valence-corrected chi connectivity index (χ3v) is 3.63. The molecule has 0 bridgehead atoms. The van der Waals surface area contributed by atoms with Gasteiger partial charge in [0.25, 0.3) is 5.91 Å². The normalized spacial score (nSPS) is 12.5. The summed E-state index contributed by atoms with van der Waals surface area (Å²) in [5.41, 5.74) is 0.470. The van der Waals surface area contributed by atoms with E-state index < -0.39 is 0 Å². The second-order valence-corrected chi connectivity index (χ2v) is 6.18. The Morgan fingerprint density at radius 2 is 2.00 bits per heavy atom. The van der Waals surface area contributed by atoms with Crippen LogP contribution in [0.3, 0.4) is 0 Å². The Morgan fingerprint density at radius 3 is 2.58 bits per heavy atom. The lowest BCUT2D eigenvalue weighted by molar-refractivity contribution is 0.0937. The average molecular weight is 330 g/mol. The van der Waals surface area contributed by atoms with Crippen LogP contribution in [0.25, 0.3) is 0 Å². The van der Waals surface area contributed by atoms with Crippen molar-refractivity contribution < 1.29 is 9.18 Å². The highest BCUT2D eigenvalue weighted by Gasteiger charge is 2.13. The number of rotatable bonds is 6. The van der Waals surface area contributed by atoms with Crippen LogP contribution in [0.2, 0.25) is 0 Å². The summed E-state index contributed by atoms with van der Waals surface area (Å²) in [5.74, 6) is 0.173. The van der Waals surface area contributed by atoms with Crippen molar-refractivity contribution >= 4 is 21.8 Å². The Balaban J connectivity index is 2.50. The van der Waals surface area contributed by atoms with Crippen molar-refractivity contribution in [3.05, 3.63) is 34.1 Å². The van der Waals surface area contributed by atoms with Gasteiger partial charge in [-0.05, 0) is 53.4 Å². The van der Waals surface area contributed by atoms with Crippen molar-refractivity contribution in [2.24, 2.45) is 5.92 Å². The molecule has 4 heteroatoms. The molecule has 0 radical (unpaired) electrons. The quantitative estimate of drug-likeness (QED) is 0.816. The molecule has 0 spiro atoms. The molecule has 1 atom stereocenters. The summed E-state index contributed by atoms with van der Waals surface area (Å²) >= 11 is 3.21. The number of amides is 1. The fourth-order valence-corrected chi connectivity index (χ4v) is 2.41. The number of hydrogen-bond donors (Lipinski definition) is 1. The van der Waals surface area contributed by atoms with Crippen molar-refractivity contribution in [2.75, 3.05) is 0 Å². The molecule has 0 saturated heterocycles. The third-order valence-electron chi connectivity index (χ3n) is 2.97. The lowest BCUT2D eigenvalue weighted by atomic mass is 10.0. The van der Waals surface area contributed by atoms with E-state index >= 15 is 0 Å². The number of hydrogen-bond acceptors (Lipinski definition) is 1. The highest BCUT2D eigenvalue weighted by molar-refractivity contribution is 9.10. The largest absolute Gasteiger partial charge is 0.350 e. The number of benzene rings is 1. The molecular formula is C15H21BrFNO. The summed E-state index contributed by atoms with van der Waals surface area (Å²) < 4.78 is 13.4. The van der Waals surface area contributed by atoms with Gasteiger partial charge in [-0.3, -0.25) is 4.79 Å². The van der Waals surface area contributed by atoms with Crippen LogP contribution in [-0.2, 0) is 0 Å². The molecule has 0 aromatic heterocycles. The van der Waals surface area contributed by atoms with Crippen molar-refractivity contribution in [3.8, 4) is 0 Å². The minimum absolute atomic E-state index is 0.128. The average Bonchev–Trinajstić information content (AvgIpc) is 2.27. The van der Waals surface area contributed by atoms with Gasteiger partial charge in [0, 0.05) is 10.5 Å². The lowest BCUT2D eigenvalue weighted by Gasteiger charge is -2.15. The molecule has 0 aliphatic carbocycles. The van der Waals surface area contributed by atoms with Crippen LogP contribution in [0, 0.1) is 11.7 Å². The van der Waals surface area contributed by atoms with Gasteiger partial charge in [0.2, 0.25) is 0 Å². The van der Waals surface area contributed by atoms with Gasteiger partial charge in [0.1, 0.15) is 5.82 Å². The maximum atomic E-state index is 13.0. The van der Waals surface area contributed by atoms with E-state index in [4.69, 9.17) is 0 Å². The highest BCUT2D eigenvalue weighted by atomic mass is 79.9. The smallest absolute Gasteiger partial charge is 0.252 e. The van der Waals surface area contributed by atoms with Crippen molar-refractivity contribution in [1.82, 2.24) is 5.32 Å². The van der Waals surface area contributed by atoms with Crippen LogP contribution in [-0.4, -0.2) is 11.9 Å². The van der Waals surface area contributed by atoms with E-state index in [1.807, 2.05) is 6.92 Å². The van der Waals surface area contributed by atoms with E-state index in [0.717, 1.165) is 12.8 Å². The van der Waals surface area contributed by atoms with E-state index in [1.165, 1.54) is 24.6 Å². The van der Waals surface area contributed by atoms with Gasteiger partial charge in [-0.1, -0.05) is 26.7 Å². The molecule has 0 fully saturated rings. The predicted molar refractivity (Wildman–Crippen MR) is 79.7 cm³/mol. The fraction of sp³-hybridized carbons (Fsp3) is 0.533. The first kappa shape index (κ1) is 16.2. The van der Waals surface area contributed by atoms with Gasteiger partial charge in [-0.15, -0.1) is 0 Å². The van der Waals surface area contributed by atoms with E-state index in [0.29, 0.717) is 16.0 Å². The van der Waals surface area contributed by atoms with Gasteiger partial charge < -0.3 is 5.32 Å². The monoisotopic (exact) mass is 329 g/mol. The summed E-state index contributed by atoms with van der Waals surface area (Å²) in [5, 5.41) is 2.94. The standard InChI is InChI=1S/C15H21BrFNO/c1-10(2)5-4-6-11(3)18-15(19)13-8-7-12(17)9-14(13)16/h7-11H,4-6H2,1-3H3,(H,18,19). The molecular weight excluding hydrogens is 309 g/mol. The molecule has 1 aromatic carbocycles. The Hall–Kier alpha value is -0.900. The summed E-state index contributed by atoms with van der Waals surface area (Å²) in [7, 11) is 0. The third kappa shape index (κ3) is 5.72. The lowest BCUT2D eigenvalue weighted by Crippen LogP contribution is -2.32. The Labute approximate surface area is 122 Å². The van der Waals surface area contributed by atoms with E-state index in [9.17, 15) is 9.18 Å². The van der Waals surface area contributed by atoms with Crippen LogP contribution in [0.1, 0.15) is 50.4 Å². The summed E-state index contributed by atoms with van der Waals surface area (Å²) in [6.45, 7) is 6.38. The minimum Gasteiger partial charge on any atom is -0.350 e. The van der Waals surface area contributed by atoms with Crippen LogP contribution in [0.4, 0.5) is 4.39 Å². The zero-order valence-corrected chi connectivity index (χ0v) is 13.3. The maximum absolute atomic E-state index is 13.0. The molecule has 0 saturated carbocycles. The summed E-state index contributed by atoms with van der Waals surface area (Å²) in [4.78, 5) is 12.0. The SMILES string of the molecule is CC(C)CCCC(C)NC(=O)c1ccc(F)cc1Br. The van der Waals surface area contributed by atoms with Gasteiger partial charge in [0.05, 0.1) is 5.56 Å². The van der Waals surface area contributed by atoms with Crippen molar-refractivity contribution in [1.29, 1.82) is 0 Å². The predicted octanol–water partition coefficient (Wildman–Crippen LogP) is 4.53. The number of carbonyl (C=O) groups excluding carboxylic acids is 1. The van der Waals surface area contributed by atoms with Gasteiger partial charge >= 0.3 is 0 Å². The molecule has 1 rings (SSSR count). The first-order chi connectivity index (χ1) is 8.90. The van der Waals surface area contributed by atoms with Crippen LogP contribution >= 0.6 is 15.9 Å². The second-order valence-electron chi connectivity index (χ2n) is 5.32. The fourth-order valence-electron chi connectivity index (χ4n) is 1.88. The first-order valence-corrected chi connectivity index (χ1v) is 7.45. The Kier molecular flexibility index (Phi) is 6.49. The van der Waals surface area contributed by atoms with E-state index in [-0.39, 0.29) is 17.8 Å². The molecule has 1 unspecified atom stereocenters. The van der Waals surface area contributed by atoms with Crippen LogP contribution in [0.5, 0.6) is 0 Å². The topological polar surface area (TPSA) is 29.1 Å². The highest BCUT2D eigenvalue weighted by Crippen LogP contribution is 2.18. The zero-order valence-electron chi connectivity index (χ0n) is 11.7. The van der Waals surface area contributed by atoms with Crippen LogP contribution in [0.15, 0.2) is 22.7 Å². The summed E-state index contributed by atoms with van der Waals surface area (Å²) in [6, 6.07) is 4.22. The number of halogens is 2. The minimum atomic E-state index is -0.353. The molecule has 1 amide bonds. The molecule has 0 heterocycles. The zero-order chi connectivity index (χ0) is 14.4. The first-order valence-electron chi connectivity index (χ1n) is 6.66. The Morgan fingerprint density at radius 1 is 1.32 bits per heavy atom. The summed E-state index contributed by atoms with van der Waals surface area (Å²) in [6.07, 6.45) is 3.23. The molecule has 0 aliphatic rings. The second kappa shape index (κ2) is 7.63. The molecule has 106 valence electrons. The molecule has 19 heavy (non-hydrogen) atoms. The Bertz CT molecular complexity index is 434. The molecule has 1 N–H and O–H groups in total. The van der Waals surface area contributed by atoms with Gasteiger partial charge in [0.15, 0.2) is 0 Å². The molecule has 0 aliphatic heterocycles. The van der Waals surface area contributed by atoms with E-state index in [2.05, 4.69) is 35.1 Å². The van der Waals surface area contributed by atoms with Gasteiger partial charge in [-0.2, -0.15) is 0 Å². The molecule has 1 aromatic rings. The maximum Gasteiger partial charge on any atom is 0.252 e. The molecule has 2 nitrogen and oxygen atoms in total. The van der Waals surface area contributed by atoms with Crippen molar-refractivity contribution in [2.45, 2.75) is 46.1 Å². The number of nitrogens with one attached hydrogen (secondary N) is 1. The van der Waals surface area contributed by atoms with Gasteiger partial charge in [-0.25, -0.2) is 4.39 Å². The van der Waals surface area contributed by atoms with Crippen LogP contribution < -0.4 is 5.32 Å². The number of carbonyl (C=O) groups is 1. The van der Waals surface area contributed by atoms with E-state index in [1.54, 1.807) is 0 Å².